The first-order valence-corrected chi connectivity index (χ1v) is 6.36. The first-order chi connectivity index (χ1) is 8.16. The van der Waals surface area contributed by atoms with E-state index in [0.717, 1.165) is 24.2 Å². The van der Waals surface area contributed by atoms with Gasteiger partial charge in [0.2, 0.25) is 0 Å². The average Bonchev–Trinajstić information content (AvgIpc) is 2.34. The molecule has 1 aliphatic heterocycles. The second-order valence-corrected chi connectivity index (χ2v) is 4.80. The molecule has 0 bridgehead atoms. The highest BCUT2D eigenvalue weighted by molar-refractivity contribution is 6.29. The molecule has 0 amide bonds. The van der Waals surface area contributed by atoms with Gasteiger partial charge in [0, 0.05) is 25.0 Å². The van der Waals surface area contributed by atoms with Gasteiger partial charge in [-0.15, -0.1) is 0 Å². The Morgan fingerprint density at radius 3 is 3.00 bits per heavy atom. The van der Waals surface area contributed by atoms with Gasteiger partial charge in [-0.3, -0.25) is 0 Å². The van der Waals surface area contributed by atoms with Crippen LogP contribution >= 0.6 is 11.6 Å². The summed E-state index contributed by atoms with van der Waals surface area (Å²) < 4.78 is 0. The molecule has 1 aromatic heterocycles. The minimum absolute atomic E-state index is 0.549. The quantitative estimate of drug-likeness (QED) is 0.819. The van der Waals surface area contributed by atoms with Crippen molar-refractivity contribution >= 4 is 17.7 Å². The number of nitrogens with zero attached hydrogens (tertiary/aromatic N) is 2. The highest BCUT2D eigenvalue weighted by Crippen LogP contribution is 2.17. The summed E-state index contributed by atoms with van der Waals surface area (Å²) in [5.74, 6) is 0. The van der Waals surface area contributed by atoms with Gasteiger partial charge in [-0.05, 0) is 50.0 Å². The van der Waals surface area contributed by atoms with Crippen molar-refractivity contribution in [2.45, 2.75) is 26.7 Å². The summed E-state index contributed by atoms with van der Waals surface area (Å²) in [4.78, 5) is 4.12. The summed E-state index contributed by atoms with van der Waals surface area (Å²) in [6.45, 7) is 6.30. The van der Waals surface area contributed by atoms with E-state index in [2.05, 4.69) is 35.3 Å². The summed E-state index contributed by atoms with van der Waals surface area (Å²) in [7, 11) is 0. The summed E-state index contributed by atoms with van der Waals surface area (Å²) in [6, 6.07) is 1.89. The van der Waals surface area contributed by atoms with E-state index in [4.69, 9.17) is 11.6 Å². The molecule has 2 rings (SSSR count). The number of allylic oxidation sites excluding steroid dienone is 1. The third kappa shape index (κ3) is 3.20. The Bertz CT molecular complexity index is 423. The molecule has 1 fully saturated rings. The van der Waals surface area contributed by atoms with Crippen LogP contribution in [-0.2, 0) is 0 Å². The largest absolute Gasteiger partial charge is 0.313 e. The molecule has 0 aliphatic carbocycles. The second kappa shape index (κ2) is 5.52. The highest BCUT2D eigenvalue weighted by atomic mass is 35.5. The van der Waals surface area contributed by atoms with Crippen molar-refractivity contribution in [1.29, 1.82) is 0 Å². The maximum atomic E-state index is 5.85. The molecule has 92 valence electrons. The maximum absolute atomic E-state index is 5.85. The van der Waals surface area contributed by atoms with Crippen LogP contribution in [-0.4, -0.2) is 23.1 Å². The van der Waals surface area contributed by atoms with E-state index in [1.54, 1.807) is 0 Å². The van der Waals surface area contributed by atoms with Crippen LogP contribution in [0.4, 0.5) is 0 Å². The lowest BCUT2D eigenvalue weighted by atomic mass is 10.1. The van der Waals surface area contributed by atoms with Crippen molar-refractivity contribution in [3.05, 3.63) is 34.2 Å². The van der Waals surface area contributed by atoms with Gasteiger partial charge >= 0.3 is 0 Å². The monoisotopic (exact) mass is 251 g/mol. The number of nitrogens with one attached hydrogen (secondary N) is 1. The van der Waals surface area contributed by atoms with Gasteiger partial charge < -0.3 is 5.01 Å². The molecule has 0 atom stereocenters. The number of hydrazine groups is 1. The van der Waals surface area contributed by atoms with E-state index >= 15 is 0 Å². The number of pyridine rings is 1. The van der Waals surface area contributed by atoms with E-state index in [-0.39, 0.29) is 0 Å². The van der Waals surface area contributed by atoms with Crippen LogP contribution in [0.15, 0.2) is 18.0 Å². The zero-order valence-electron chi connectivity index (χ0n) is 10.3. The normalized spacial score (nSPS) is 17.4. The average molecular weight is 252 g/mol. The Morgan fingerprint density at radius 1 is 1.53 bits per heavy atom. The molecule has 3 nitrogen and oxygen atoms in total. The zero-order valence-corrected chi connectivity index (χ0v) is 11.1. The Hall–Kier alpha value is -1.06. The van der Waals surface area contributed by atoms with E-state index in [1.165, 1.54) is 18.5 Å². The fourth-order valence-corrected chi connectivity index (χ4v) is 2.19. The predicted octanol–water partition coefficient (Wildman–Crippen LogP) is 3.00. The van der Waals surface area contributed by atoms with Crippen molar-refractivity contribution in [2.75, 3.05) is 13.1 Å². The number of aromatic nitrogens is 1. The van der Waals surface area contributed by atoms with Crippen LogP contribution in [0.25, 0.3) is 6.08 Å². The number of rotatable bonds is 2. The Kier molecular flexibility index (Phi) is 4.02. The van der Waals surface area contributed by atoms with Crippen LogP contribution < -0.4 is 5.43 Å². The van der Waals surface area contributed by atoms with Crippen LogP contribution in [0.1, 0.15) is 30.9 Å². The van der Waals surface area contributed by atoms with Gasteiger partial charge in [0.1, 0.15) is 5.15 Å². The van der Waals surface area contributed by atoms with Gasteiger partial charge in [0.25, 0.3) is 0 Å². The molecule has 2 heterocycles. The van der Waals surface area contributed by atoms with Crippen LogP contribution in [0.2, 0.25) is 5.15 Å². The predicted molar refractivity (Wildman–Crippen MR) is 71.6 cm³/mol. The summed E-state index contributed by atoms with van der Waals surface area (Å²) in [5, 5.41) is 2.76. The molecule has 0 spiro atoms. The van der Waals surface area contributed by atoms with Crippen LogP contribution in [0, 0.1) is 6.92 Å². The lowest BCUT2D eigenvalue weighted by Gasteiger charge is -2.30. The van der Waals surface area contributed by atoms with Gasteiger partial charge in [-0.1, -0.05) is 11.6 Å². The van der Waals surface area contributed by atoms with E-state index in [1.807, 2.05) is 12.3 Å². The van der Waals surface area contributed by atoms with Crippen LogP contribution in [0.3, 0.4) is 0 Å². The summed E-state index contributed by atoms with van der Waals surface area (Å²) >= 11 is 5.85. The summed E-state index contributed by atoms with van der Waals surface area (Å²) in [6.07, 6.45) is 6.48. The zero-order chi connectivity index (χ0) is 12.3. The highest BCUT2D eigenvalue weighted by Gasteiger charge is 2.09. The van der Waals surface area contributed by atoms with Crippen molar-refractivity contribution in [1.82, 2.24) is 15.4 Å². The fraction of sp³-hybridized carbons (Fsp3) is 0.462. The minimum Gasteiger partial charge on any atom is -0.313 e. The topological polar surface area (TPSA) is 28.2 Å². The van der Waals surface area contributed by atoms with Crippen molar-refractivity contribution in [3.8, 4) is 0 Å². The molecular weight excluding hydrogens is 234 g/mol. The molecule has 4 heteroatoms. The number of hydrogen-bond donors (Lipinski definition) is 1. The smallest absolute Gasteiger partial charge is 0.129 e. The molecule has 0 radical (unpaired) electrons. The first kappa shape index (κ1) is 12.4. The van der Waals surface area contributed by atoms with Crippen molar-refractivity contribution < 1.29 is 0 Å². The van der Waals surface area contributed by atoms with E-state index in [0.29, 0.717) is 5.15 Å². The van der Waals surface area contributed by atoms with E-state index in [9.17, 15) is 0 Å². The molecule has 0 unspecified atom stereocenters. The standard InChI is InChI=1S/C13H18ClN3/c1-10-7-13(14)15-9-12(10)8-11(2)17-6-4-3-5-16-17/h7-9,16H,3-6H2,1-2H3/b11-8+. The fourth-order valence-electron chi connectivity index (χ4n) is 1.98. The number of halogens is 1. The van der Waals surface area contributed by atoms with E-state index < -0.39 is 0 Å². The van der Waals surface area contributed by atoms with Gasteiger partial charge in [0.05, 0.1) is 0 Å². The Labute approximate surface area is 107 Å². The molecule has 1 aliphatic rings. The third-order valence-corrected chi connectivity index (χ3v) is 3.23. The van der Waals surface area contributed by atoms with Crippen molar-refractivity contribution in [3.63, 3.8) is 0 Å². The second-order valence-electron chi connectivity index (χ2n) is 4.42. The molecule has 1 saturated heterocycles. The lowest BCUT2D eigenvalue weighted by molar-refractivity contribution is 0.206. The Morgan fingerprint density at radius 2 is 2.35 bits per heavy atom. The van der Waals surface area contributed by atoms with Gasteiger partial charge in [-0.25, -0.2) is 10.4 Å². The molecule has 1 N–H and O–H groups in total. The molecular formula is C13H18ClN3. The molecule has 17 heavy (non-hydrogen) atoms. The molecule has 0 aromatic carbocycles. The van der Waals surface area contributed by atoms with Gasteiger partial charge in [0.15, 0.2) is 0 Å². The minimum atomic E-state index is 0.549. The SMILES string of the molecule is C/C(=C\c1cnc(Cl)cc1C)N1CCCCN1. The lowest BCUT2D eigenvalue weighted by Crippen LogP contribution is -2.41. The first-order valence-electron chi connectivity index (χ1n) is 5.98. The summed E-state index contributed by atoms with van der Waals surface area (Å²) in [5.41, 5.74) is 6.89. The molecule has 0 saturated carbocycles. The van der Waals surface area contributed by atoms with Crippen molar-refractivity contribution in [2.24, 2.45) is 0 Å². The van der Waals surface area contributed by atoms with Crippen LogP contribution in [0.5, 0.6) is 0 Å². The molecule has 1 aromatic rings. The number of hydrogen-bond acceptors (Lipinski definition) is 3. The number of aryl methyl sites for hydroxylation is 1. The maximum Gasteiger partial charge on any atom is 0.129 e. The third-order valence-electron chi connectivity index (χ3n) is 3.02. The Balaban J connectivity index is 2.16. The van der Waals surface area contributed by atoms with Gasteiger partial charge in [-0.2, -0.15) is 0 Å².